The number of rotatable bonds is 2. The van der Waals surface area contributed by atoms with Crippen LogP contribution in [0.1, 0.15) is 31.3 Å². The minimum absolute atomic E-state index is 0.0828. The molecule has 1 N–H and O–H groups in total. The molecule has 0 bridgehead atoms. The number of pyridine rings is 1. The zero-order chi connectivity index (χ0) is 14.6. The van der Waals surface area contributed by atoms with E-state index in [-0.39, 0.29) is 5.69 Å². The van der Waals surface area contributed by atoms with Gasteiger partial charge in [0.2, 0.25) is 0 Å². The van der Waals surface area contributed by atoms with E-state index in [0.717, 1.165) is 19.4 Å². The van der Waals surface area contributed by atoms with Gasteiger partial charge in [0.15, 0.2) is 11.5 Å². The second-order valence-corrected chi connectivity index (χ2v) is 4.67. The lowest BCUT2D eigenvalue weighted by atomic mass is 10.2. The van der Waals surface area contributed by atoms with Gasteiger partial charge in [-0.05, 0) is 20.8 Å². The van der Waals surface area contributed by atoms with E-state index in [2.05, 4.69) is 15.0 Å². The molecule has 19 heavy (non-hydrogen) atoms. The molecule has 7 heteroatoms. The van der Waals surface area contributed by atoms with Gasteiger partial charge in [-0.25, -0.2) is 19.0 Å². The van der Waals surface area contributed by atoms with E-state index in [1.807, 2.05) is 0 Å². The van der Waals surface area contributed by atoms with Crippen LogP contribution in [0.15, 0.2) is 12.3 Å². The molecule has 0 aliphatic rings. The summed E-state index contributed by atoms with van der Waals surface area (Å²) in [5.74, 6) is -1.78. The first-order valence-electron chi connectivity index (χ1n) is 5.47. The number of nitrogens with one attached hydrogen (secondary N) is 1. The van der Waals surface area contributed by atoms with Crippen molar-refractivity contribution in [3.63, 3.8) is 0 Å². The second-order valence-electron chi connectivity index (χ2n) is 4.67. The Balaban J connectivity index is 2.79. The molecule has 0 aromatic carbocycles. The van der Waals surface area contributed by atoms with E-state index >= 15 is 0 Å². The van der Waals surface area contributed by atoms with Gasteiger partial charge in [-0.2, -0.15) is 0 Å². The molecule has 0 aliphatic heterocycles. The van der Waals surface area contributed by atoms with Crippen LogP contribution >= 0.6 is 0 Å². The molecule has 0 aliphatic carbocycles. The third kappa shape index (κ3) is 4.53. The zero-order valence-corrected chi connectivity index (χ0v) is 11.1. The predicted octanol–water partition coefficient (Wildman–Crippen LogP) is 2.35. The molecule has 1 heterocycles. The van der Waals surface area contributed by atoms with Crippen molar-refractivity contribution in [1.29, 1.82) is 0 Å². The van der Waals surface area contributed by atoms with E-state index in [1.54, 1.807) is 20.8 Å². The molecule has 0 saturated heterocycles. The molecule has 1 amide bonds. The minimum Gasteiger partial charge on any atom is -0.464 e. The number of methoxy groups -OCH3 is 1. The molecule has 0 atom stereocenters. The molecule has 1 aromatic rings. The Morgan fingerprint density at radius 2 is 2.00 bits per heavy atom. The fourth-order valence-electron chi connectivity index (χ4n) is 1.17. The van der Waals surface area contributed by atoms with Crippen LogP contribution in [0.25, 0.3) is 0 Å². The zero-order valence-electron chi connectivity index (χ0n) is 11.1. The van der Waals surface area contributed by atoms with Crippen molar-refractivity contribution >= 4 is 17.7 Å². The highest BCUT2D eigenvalue weighted by molar-refractivity contribution is 5.89. The van der Waals surface area contributed by atoms with Crippen LogP contribution < -0.4 is 5.32 Å². The van der Waals surface area contributed by atoms with Gasteiger partial charge in [0.1, 0.15) is 5.60 Å². The van der Waals surface area contributed by atoms with E-state index in [0.29, 0.717) is 0 Å². The number of nitrogens with zero attached hydrogens (tertiary/aromatic N) is 1. The molecular formula is C12H15FN2O4. The van der Waals surface area contributed by atoms with Gasteiger partial charge in [0.25, 0.3) is 0 Å². The Bertz CT molecular complexity index is 497. The highest BCUT2D eigenvalue weighted by Crippen LogP contribution is 2.14. The van der Waals surface area contributed by atoms with Crippen LogP contribution in [0, 0.1) is 5.82 Å². The summed E-state index contributed by atoms with van der Waals surface area (Å²) in [5.41, 5.74) is -1.03. The summed E-state index contributed by atoms with van der Waals surface area (Å²) in [6.07, 6.45) is 0.402. The normalized spacial score (nSPS) is 10.8. The summed E-state index contributed by atoms with van der Waals surface area (Å²) in [5, 5.41) is 2.31. The fraction of sp³-hybridized carbons (Fsp3) is 0.417. The van der Waals surface area contributed by atoms with Crippen molar-refractivity contribution in [3.8, 4) is 0 Å². The van der Waals surface area contributed by atoms with E-state index in [4.69, 9.17) is 4.74 Å². The van der Waals surface area contributed by atoms with Gasteiger partial charge >= 0.3 is 12.1 Å². The number of esters is 1. The Morgan fingerprint density at radius 1 is 1.37 bits per heavy atom. The number of hydrogen-bond acceptors (Lipinski definition) is 5. The lowest BCUT2D eigenvalue weighted by Crippen LogP contribution is -2.27. The van der Waals surface area contributed by atoms with Gasteiger partial charge in [-0.3, -0.25) is 5.32 Å². The highest BCUT2D eigenvalue weighted by Gasteiger charge is 2.18. The topological polar surface area (TPSA) is 77.5 Å². The minimum atomic E-state index is -0.889. The molecule has 0 spiro atoms. The lowest BCUT2D eigenvalue weighted by molar-refractivity contribution is 0.0587. The van der Waals surface area contributed by atoms with Gasteiger partial charge in [0, 0.05) is 6.07 Å². The Hall–Kier alpha value is -2.18. The molecule has 0 saturated carbocycles. The summed E-state index contributed by atoms with van der Waals surface area (Å²) in [4.78, 5) is 26.1. The van der Waals surface area contributed by atoms with Gasteiger partial charge in [-0.1, -0.05) is 0 Å². The first kappa shape index (κ1) is 14.9. The summed E-state index contributed by atoms with van der Waals surface area (Å²) < 4.78 is 22.9. The van der Waals surface area contributed by atoms with E-state index in [1.165, 1.54) is 0 Å². The maximum absolute atomic E-state index is 13.5. The van der Waals surface area contributed by atoms with Crippen molar-refractivity contribution in [2.24, 2.45) is 0 Å². The Labute approximate surface area is 109 Å². The maximum Gasteiger partial charge on any atom is 0.412 e. The summed E-state index contributed by atoms with van der Waals surface area (Å²) in [6, 6.07) is 0.961. The highest BCUT2D eigenvalue weighted by atomic mass is 19.1. The van der Waals surface area contributed by atoms with Crippen molar-refractivity contribution in [2.45, 2.75) is 26.4 Å². The standard InChI is InChI=1S/C12H15FN2O4/c1-12(2,3)19-11(17)15-7-5-8(13)9(14-6-7)10(16)18-4/h5-6H,1-4H3,(H,15,17). The largest absolute Gasteiger partial charge is 0.464 e. The molecule has 1 rings (SSSR count). The molecule has 0 unspecified atom stereocenters. The van der Waals surface area contributed by atoms with Crippen LogP contribution in [0.3, 0.4) is 0 Å². The summed E-state index contributed by atoms with van der Waals surface area (Å²) in [6.45, 7) is 5.10. The average Bonchev–Trinajstić information content (AvgIpc) is 2.25. The van der Waals surface area contributed by atoms with Crippen LogP contribution in [0.5, 0.6) is 0 Å². The first-order valence-corrected chi connectivity index (χ1v) is 5.47. The SMILES string of the molecule is COC(=O)c1ncc(NC(=O)OC(C)(C)C)cc1F. The predicted molar refractivity (Wildman–Crippen MR) is 65.4 cm³/mol. The Kier molecular flexibility index (Phi) is 4.42. The molecular weight excluding hydrogens is 255 g/mol. The van der Waals surface area contributed by atoms with Crippen LogP contribution in [-0.4, -0.2) is 29.8 Å². The smallest absolute Gasteiger partial charge is 0.412 e. The number of amides is 1. The fourth-order valence-corrected chi connectivity index (χ4v) is 1.17. The number of hydrogen-bond donors (Lipinski definition) is 1. The molecule has 1 aromatic heterocycles. The monoisotopic (exact) mass is 270 g/mol. The molecule has 0 radical (unpaired) electrons. The lowest BCUT2D eigenvalue weighted by Gasteiger charge is -2.19. The molecule has 6 nitrogen and oxygen atoms in total. The Morgan fingerprint density at radius 3 is 2.47 bits per heavy atom. The van der Waals surface area contributed by atoms with Gasteiger partial charge in [0.05, 0.1) is 19.0 Å². The van der Waals surface area contributed by atoms with Crippen molar-refractivity contribution in [2.75, 3.05) is 12.4 Å². The third-order valence-corrected chi connectivity index (χ3v) is 1.87. The number of carbonyl (C=O) groups is 2. The summed E-state index contributed by atoms with van der Waals surface area (Å²) in [7, 11) is 1.12. The number of halogens is 1. The van der Waals surface area contributed by atoms with Crippen molar-refractivity contribution in [3.05, 3.63) is 23.8 Å². The maximum atomic E-state index is 13.5. The van der Waals surface area contributed by atoms with Gasteiger partial charge < -0.3 is 9.47 Å². The third-order valence-electron chi connectivity index (χ3n) is 1.87. The number of aromatic nitrogens is 1. The average molecular weight is 270 g/mol. The molecule has 104 valence electrons. The number of ether oxygens (including phenoxy) is 2. The van der Waals surface area contributed by atoms with E-state index < -0.39 is 29.2 Å². The molecule has 0 fully saturated rings. The van der Waals surface area contributed by atoms with Crippen LogP contribution in [-0.2, 0) is 9.47 Å². The van der Waals surface area contributed by atoms with Crippen molar-refractivity contribution < 1.29 is 23.5 Å². The first-order chi connectivity index (χ1) is 8.73. The van der Waals surface area contributed by atoms with Crippen LogP contribution in [0.4, 0.5) is 14.9 Å². The quantitative estimate of drug-likeness (QED) is 0.835. The van der Waals surface area contributed by atoms with Gasteiger partial charge in [-0.15, -0.1) is 0 Å². The second kappa shape index (κ2) is 5.64. The van der Waals surface area contributed by atoms with Crippen molar-refractivity contribution in [1.82, 2.24) is 4.98 Å². The van der Waals surface area contributed by atoms with Crippen LogP contribution in [0.2, 0.25) is 0 Å². The number of anilines is 1. The van der Waals surface area contributed by atoms with E-state index in [9.17, 15) is 14.0 Å². The summed E-state index contributed by atoms with van der Waals surface area (Å²) >= 11 is 0. The number of carbonyl (C=O) groups excluding carboxylic acids is 2.